The number of furan rings is 1. The number of nitrogens with zero attached hydrogens (tertiary/aromatic N) is 2. The summed E-state index contributed by atoms with van der Waals surface area (Å²) in [6.07, 6.45) is 3.79. The average molecular weight is 418 g/mol. The van der Waals surface area contributed by atoms with Crippen molar-refractivity contribution < 1.29 is 13.6 Å². The number of nitrogens with one attached hydrogen (secondary N) is 1. The normalized spacial score (nSPS) is 19.5. The molecule has 146 valence electrons. The van der Waals surface area contributed by atoms with E-state index in [-0.39, 0.29) is 16.9 Å². The van der Waals surface area contributed by atoms with E-state index in [2.05, 4.69) is 22.1 Å². The van der Waals surface area contributed by atoms with Gasteiger partial charge >= 0.3 is 0 Å². The Morgan fingerprint density at radius 2 is 2.04 bits per heavy atom. The van der Waals surface area contributed by atoms with Gasteiger partial charge in [-0.15, -0.1) is 0 Å². The zero-order valence-electron chi connectivity index (χ0n) is 15.6. The number of hydrogen-bond acceptors (Lipinski definition) is 6. The molecule has 2 aromatic heterocycles. The highest BCUT2D eigenvalue weighted by Gasteiger charge is 2.59. The zero-order chi connectivity index (χ0) is 19.5. The van der Waals surface area contributed by atoms with Gasteiger partial charge < -0.3 is 19.1 Å². The largest absolute Gasteiger partial charge is 0.445 e. The monoisotopic (exact) mass is 417 g/mol. The molecule has 2 aliphatic rings. The summed E-state index contributed by atoms with van der Waals surface area (Å²) >= 11 is 7.50. The number of hydrogen-bond donors (Lipinski definition) is 1. The SMILES string of the molecule is CSc1ccc(C(=O)NC2(C)CC3(CN(c4nc5cc(Cl)ccc5o4)C3)C2)o1. The summed E-state index contributed by atoms with van der Waals surface area (Å²) in [5, 5.41) is 4.54. The molecule has 1 amide bonds. The lowest BCUT2D eigenvalue weighted by Crippen LogP contribution is -2.71. The number of rotatable bonds is 4. The maximum atomic E-state index is 12.5. The third-order valence-corrected chi connectivity index (χ3v) is 6.47. The first-order chi connectivity index (χ1) is 13.4. The highest BCUT2D eigenvalue weighted by atomic mass is 35.5. The van der Waals surface area contributed by atoms with Crippen molar-refractivity contribution in [3.8, 4) is 0 Å². The summed E-state index contributed by atoms with van der Waals surface area (Å²) in [7, 11) is 0. The van der Waals surface area contributed by atoms with Crippen LogP contribution in [-0.2, 0) is 0 Å². The van der Waals surface area contributed by atoms with Crippen LogP contribution in [0.15, 0.2) is 44.3 Å². The molecule has 8 heteroatoms. The van der Waals surface area contributed by atoms with Crippen molar-refractivity contribution >= 4 is 46.4 Å². The summed E-state index contributed by atoms with van der Waals surface area (Å²) in [5.41, 5.74) is 1.53. The second-order valence-electron chi connectivity index (χ2n) is 8.16. The van der Waals surface area contributed by atoms with Gasteiger partial charge in [0.2, 0.25) is 0 Å². The molecule has 0 radical (unpaired) electrons. The van der Waals surface area contributed by atoms with Gasteiger partial charge in [0.25, 0.3) is 11.9 Å². The van der Waals surface area contributed by atoms with Crippen LogP contribution in [-0.4, -0.2) is 35.8 Å². The van der Waals surface area contributed by atoms with E-state index < -0.39 is 0 Å². The molecule has 1 spiro atoms. The van der Waals surface area contributed by atoms with E-state index >= 15 is 0 Å². The Hall–Kier alpha value is -2.12. The third kappa shape index (κ3) is 2.97. The van der Waals surface area contributed by atoms with Gasteiger partial charge in [-0.25, -0.2) is 0 Å². The fraction of sp³-hybridized carbons (Fsp3) is 0.400. The predicted octanol–water partition coefficient (Wildman–Crippen LogP) is 4.59. The molecule has 1 aromatic carbocycles. The topological polar surface area (TPSA) is 71.5 Å². The number of carbonyl (C=O) groups is 1. The Bertz CT molecular complexity index is 1060. The Labute approximate surface area is 171 Å². The van der Waals surface area contributed by atoms with Crippen molar-refractivity contribution in [1.29, 1.82) is 0 Å². The maximum Gasteiger partial charge on any atom is 0.298 e. The number of oxazole rings is 1. The van der Waals surface area contributed by atoms with Crippen LogP contribution in [0.25, 0.3) is 11.1 Å². The number of thioether (sulfide) groups is 1. The van der Waals surface area contributed by atoms with Gasteiger partial charge in [0.05, 0.1) is 0 Å². The molecule has 0 unspecified atom stereocenters. The summed E-state index contributed by atoms with van der Waals surface area (Å²) in [4.78, 5) is 19.1. The van der Waals surface area contributed by atoms with Crippen molar-refractivity contribution in [1.82, 2.24) is 10.3 Å². The molecule has 28 heavy (non-hydrogen) atoms. The number of anilines is 1. The molecule has 1 aliphatic heterocycles. The third-order valence-electron chi connectivity index (χ3n) is 5.61. The standard InChI is InChI=1S/C20H20ClN3O3S/c1-19(23-17(25)15-5-6-16(26-15)28-2)8-20(9-19)10-24(11-20)18-22-13-7-12(21)3-4-14(13)27-18/h3-7H,8-11H2,1-2H3,(H,23,25). The van der Waals surface area contributed by atoms with E-state index in [1.54, 1.807) is 12.1 Å². The summed E-state index contributed by atoms with van der Waals surface area (Å²) < 4.78 is 11.4. The lowest BCUT2D eigenvalue weighted by atomic mass is 9.54. The van der Waals surface area contributed by atoms with Gasteiger partial charge in [-0.05, 0) is 56.4 Å². The first-order valence-electron chi connectivity index (χ1n) is 9.15. The van der Waals surface area contributed by atoms with E-state index in [1.807, 2.05) is 24.5 Å². The van der Waals surface area contributed by atoms with Crippen molar-refractivity contribution in [2.75, 3.05) is 24.2 Å². The number of fused-ring (bicyclic) bond motifs is 1. The second kappa shape index (κ2) is 6.19. The average Bonchev–Trinajstić information content (AvgIpc) is 3.23. The molecular formula is C20H20ClN3O3S. The lowest BCUT2D eigenvalue weighted by molar-refractivity contribution is -0.0118. The lowest BCUT2D eigenvalue weighted by Gasteiger charge is -2.63. The molecule has 1 aliphatic carbocycles. The number of benzene rings is 1. The molecule has 6 nitrogen and oxygen atoms in total. The Balaban J connectivity index is 1.20. The smallest absolute Gasteiger partial charge is 0.298 e. The van der Waals surface area contributed by atoms with E-state index in [1.165, 1.54) is 11.8 Å². The van der Waals surface area contributed by atoms with Crippen LogP contribution in [0.4, 0.5) is 6.01 Å². The molecule has 3 aromatic rings. The number of aromatic nitrogens is 1. The fourth-order valence-corrected chi connectivity index (χ4v) is 5.27. The van der Waals surface area contributed by atoms with Gasteiger partial charge in [0.1, 0.15) is 5.52 Å². The van der Waals surface area contributed by atoms with E-state index in [4.69, 9.17) is 20.4 Å². The maximum absolute atomic E-state index is 12.5. The van der Waals surface area contributed by atoms with Crippen molar-refractivity contribution in [3.63, 3.8) is 0 Å². The van der Waals surface area contributed by atoms with Gasteiger partial charge in [-0.3, -0.25) is 4.79 Å². The molecule has 1 saturated carbocycles. The molecule has 3 heterocycles. The first kappa shape index (κ1) is 17.9. The molecule has 0 bridgehead atoms. The number of halogens is 1. The van der Waals surface area contributed by atoms with Gasteiger partial charge in [-0.1, -0.05) is 23.4 Å². The predicted molar refractivity (Wildman–Crippen MR) is 109 cm³/mol. The zero-order valence-corrected chi connectivity index (χ0v) is 17.2. The summed E-state index contributed by atoms with van der Waals surface area (Å²) in [6, 6.07) is 9.65. The Kier molecular flexibility index (Phi) is 3.97. The van der Waals surface area contributed by atoms with Crippen LogP contribution >= 0.6 is 23.4 Å². The Morgan fingerprint density at radius 3 is 2.75 bits per heavy atom. The molecule has 1 saturated heterocycles. The van der Waals surface area contributed by atoms with Crippen LogP contribution in [0.3, 0.4) is 0 Å². The highest BCUT2D eigenvalue weighted by Crippen LogP contribution is 2.54. The van der Waals surface area contributed by atoms with Crippen LogP contribution in [0.2, 0.25) is 5.02 Å². The van der Waals surface area contributed by atoms with Gasteiger partial charge in [0.15, 0.2) is 16.4 Å². The minimum absolute atomic E-state index is 0.148. The highest BCUT2D eigenvalue weighted by molar-refractivity contribution is 7.98. The first-order valence-corrected chi connectivity index (χ1v) is 10.7. The van der Waals surface area contributed by atoms with Crippen molar-refractivity contribution in [2.45, 2.75) is 30.4 Å². The molecular weight excluding hydrogens is 398 g/mol. The summed E-state index contributed by atoms with van der Waals surface area (Å²) in [5.74, 6) is 0.219. The quantitative estimate of drug-likeness (QED) is 0.626. The summed E-state index contributed by atoms with van der Waals surface area (Å²) in [6.45, 7) is 3.87. The van der Waals surface area contributed by atoms with Gasteiger partial charge in [-0.2, -0.15) is 4.98 Å². The molecule has 2 fully saturated rings. The van der Waals surface area contributed by atoms with E-state index in [9.17, 15) is 4.79 Å². The van der Waals surface area contributed by atoms with E-state index in [0.29, 0.717) is 16.8 Å². The van der Waals surface area contributed by atoms with Crippen LogP contribution in [0, 0.1) is 5.41 Å². The number of carbonyl (C=O) groups excluding carboxylic acids is 1. The Morgan fingerprint density at radius 1 is 1.25 bits per heavy atom. The second-order valence-corrected chi connectivity index (χ2v) is 9.40. The van der Waals surface area contributed by atoms with Gasteiger partial charge in [0, 0.05) is 29.1 Å². The fourth-order valence-electron chi connectivity index (χ4n) is 4.73. The van der Waals surface area contributed by atoms with Crippen molar-refractivity contribution in [2.24, 2.45) is 5.41 Å². The van der Waals surface area contributed by atoms with Crippen LogP contribution in [0.1, 0.15) is 30.3 Å². The minimum atomic E-state index is -0.204. The molecule has 1 N–H and O–H groups in total. The number of amides is 1. The minimum Gasteiger partial charge on any atom is -0.445 e. The van der Waals surface area contributed by atoms with E-state index in [0.717, 1.165) is 42.1 Å². The van der Waals surface area contributed by atoms with Crippen molar-refractivity contribution in [3.05, 3.63) is 41.1 Å². The molecule has 0 atom stereocenters. The van der Waals surface area contributed by atoms with Crippen LogP contribution < -0.4 is 10.2 Å². The molecule has 5 rings (SSSR count). The van der Waals surface area contributed by atoms with Crippen LogP contribution in [0.5, 0.6) is 0 Å².